The number of thioether (sulfide) groups is 1. The van der Waals surface area contributed by atoms with E-state index in [2.05, 4.69) is 13.0 Å². The molecule has 0 bridgehead atoms. The minimum Gasteiger partial charge on any atom is -0.328 e. The summed E-state index contributed by atoms with van der Waals surface area (Å²) in [4.78, 5) is 1.49. The van der Waals surface area contributed by atoms with Gasteiger partial charge in [-0.05, 0) is 24.7 Å². The van der Waals surface area contributed by atoms with E-state index in [1.807, 2.05) is 11.8 Å². The van der Waals surface area contributed by atoms with Gasteiger partial charge in [0.15, 0.2) is 0 Å². The molecule has 2 heteroatoms. The van der Waals surface area contributed by atoms with Crippen LogP contribution in [0.5, 0.6) is 0 Å². The zero-order chi connectivity index (χ0) is 6.69. The normalized spacial score (nSPS) is 21.8. The fraction of sp³-hybridized carbons (Fsp3) is 0.714. The van der Waals surface area contributed by atoms with Crippen LogP contribution < -0.4 is 5.73 Å². The minimum atomic E-state index is 0.335. The minimum absolute atomic E-state index is 0.335. The fourth-order valence-electron chi connectivity index (χ4n) is 0.928. The van der Waals surface area contributed by atoms with Gasteiger partial charge in [0.05, 0.1) is 0 Å². The van der Waals surface area contributed by atoms with Crippen LogP contribution in [0.4, 0.5) is 0 Å². The Labute approximate surface area is 60.7 Å². The summed E-state index contributed by atoms with van der Waals surface area (Å²) in [5, 5.41) is 0. The Morgan fingerprint density at radius 1 is 1.89 bits per heavy atom. The molecule has 0 aromatic heterocycles. The Hall–Kier alpha value is 0.0500. The van der Waals surface area contributed by atoms with Gasteiger partial charge >= 0.3 is 0 Å². The molecule has 1 aliphatic heterocycles. The van der Waals surface area contributed by atoms with E-state index in [1.165, 1.54) is 17.1 Å². The summed E-state index contributed by atoms with van der Waals surface area (Å²) in [6, 6.07) is 0.335. The molecular formula is C7H13NS. The molecule has 1 atom stereocenters. The third kappa shape index (κ3) is 2.41. The zero-order valence-electron chi connectivity index (χ0n) is 5.76. The Morgan fingerprint density at radius 2 is 2.67 bits per heavy atom. The van der Waals surface area contributed by atoms with Crippen LogP contribution in [0, 0.1) is 0 Å². The average Bonchev–Trinajstić information content (AvgIpc) is 2.15. The molecule has 1 aliphatic rings. The van der Waals surface area contributed by atoms with Gasteiger partial charge in [-0.25, -0.2) is 0 Å². The highest BCUT2D eigenvalue weighted by Gasteiger charge is 2.05. The fourth-order valence-corrected chi connectivity index (χ4v) is 2.04. The smallest absolute Gasteiger partial charge is 0.00558 e. The number of hydrogen-bond acceptors (Lipinski definition) is 2. The van der Waals surface area contributed by atoms with Gasteiger partial charge in [-0.15, -0.1) is 11.8 Å². The van der Waals surface area contributed by atoms with Gasteiger partial charge in [0.1, 0.15) is 0 Å². The SMILES string of the molecule is CC(N)CC1=CCCS1. The Balaban J connectivity index is 2.26. The van der Waals surface area contributed by atoms with Gasteiger partial charge in [0, 0.05) is 11.8 Å². The summed E-state index contributed by atoms with van der Waals surface area (Å²) in [6.45, 7) is 2.06. The van der Waals surface area contributed by atoms with E-state index in [9.17, 15) is 0 Å². The molecule has 0 radical (unpaired) electrons. The van der Waals surface area contributed by atoms with Crippen LogP contribution in [-0.4, -0.2) is 11.8 Å². The second-order valence-corrected chi connectivity index (χ2v) is 3.71. The molecule has 0 spiro atoms. The van der Waals surface area contributed by atoms with Crippen molar-refractivity contribution in [2.24, 2.45) is 5.73 Å². The van der Waals surface area contributed by atoms with E-state index in [0.29, 0.717) is 6.04 Å². The van der Waals surface area contributed by atoms with Crippen LogP contribution in [-0.2, 0) is 0 Å². The largest absolute Gasteiger partial charge is 0.328 e. The maximum absolute atomic E-state index is 5.62. The maximum atomic E-state index is 5.62. The topological polar surface area (TPSA) is 26.0 Å². The lowest BCUT2D eigenvalue weighted by Gasteiger charge is -2.03. The van der Waals surface area contributed by atoms with E-state index in [0.717, 1.165) is 6.42 Å². The molecular weight excluding hydrogens is 130 g/mol. The van der Waals surface area contributed by atoms with Gasteiger partial charge in [-0.1, -0.05) is 6.08 Å². The lowest BCUT2D eigenvalue weighted by Crippen LogP contribution is -2.14. The summed E-state index contributed by atoms with van der Waals surface area (Å²) >= 11 is 1.95. The predicted octanol–water partition coefficient (Wildman–Crippen LogP) is 1.74. The van der Waals surface area contributed by atoms with Crippen LogP contribution in [0.15, 0.2) is 11.0 Å². The number of hydrogen-bond donors (Lipinski definition) is 1. The molecule has 1 rings (SSSR count). The Morgan fingerprint density at radius 3 is 3.11 bits per heavy atom. The van der Waals surface area contributed by atoms with Crippen molar-refractivity contribution in [3.8, 4) is 0 Å². The third-order valence-electron chi connectivity index (χ3n) is 1.30. The van der Waals surface area contributed by atoms with E-state index >= 15 is 0 Å². The Bertz CT molecular complexity index is 118. The first-order valence-corrected chi connectivity index (χ1v) is 4.35. The van der Waals surface area contributed by atoms with Crippen molar-refractivity contribution in [3.63, 3.8) is 0 Å². The summed E-state index contributed by atoms with van der Waals surface area (Å²) in [5.41, 5.74) is 5.62. The van der Waals surface area contributed by atoms with Crippen molar-refractivity contribution in [3.05, 3.63) is 11.0 Å². The van der Waals surface area contributed by atoms with Crippen molar-refractivity contribution in [2.75, 3.05) is 5.75 Å². The molecule has 0 saturated carbocycles. The first-order chi connectivity index (χ1) is 4.29. The van der Waals surface area contributed by atoms with Crippen LogP contribution in [0.3, 0.4) is 0 Å². The molecule has 0 aromatic rings. The standard InChI is InChI=1S/C7H13NS/c1-6(8)5-7-3-2-4-9-7/h3,6H,2,4-5,8H2,1H3. The molecule has 0 fully saturated rings. The molecule has 2 N–H and O–H groups in total. The lowest BCUT2D eigenvalue weighted by molar-refractivity contribution is 0.751. The van der Waals surface area contributed by atoms with Crippen LogP contribution >= 0.6 is 11.8 Å². The number of nitrogens with two attached hydrogens (primary N) is 1. The molecule has 1 heterocycles. The summed E-state index contributed by atoms with van der Waals surface area (Å²) in [5.74, 6) is 1.27. The molecule has 0 aromatic carbocycles. The average molecular weight is 143 g/mol. The van der Waals surface area contributed by atoms with Crippen molar-refractivity contribution < 1.29 is 0 Å². The lowest BCUT2D eigenvalue weighted by atomic mass is 10.2. The van der Waals surface area contributed by atoms with Gasteiger partial charge in [0.25, 0.3) is 0 Å². The molecule has 9 heavy (non-hydrogen) atoms. The van der Waals surface area contributed by atoms with E-state index < -0.39 is 0 Å². The Kier molecular flexibility index (Phi) is 2.61. The molecule has 1 unspecified atom stereocenters. The van der Waals surface area contributed by atoms with Gasteiger partial charge < -0.3 is 5.73 Å². The molecule has 1 nitrogen and oxygen atoms in total. The highest BCUT2D eigenvalue weighted by molar-refractivity contribution is 8.03. The summed E-state index contributed by atoms with van der Waals surface area (Å²) in [7, 11) is 0. The molecule has 0 amide bonds. The van der Waals surface area contributed by atoms with Gasteiger partial charge in [0.2, 0.25) is 0 Å². The van der Waals surface area contributed by atoms with Gasteiger partial charge in [-0.3, -0.25) is 0 Å². The molecule has 0 aliphatic carbocycles. The monoisotopic (exact) mass is 143 g/mol. The quantitative estimate of drug-likeness (QED) is 0.637. The van der Waals surface area contributed by atoms with E-state index in [4.69, 9.17) is 5.73 Å². The predicted molar refractivity (Wildman–Crippen MR) is 43.4 cm³/mol. The maximum Gasteiger partial charge on any atom is 0.00558 e. The van der Waals surface area contributed by atoms with Crippen molar-refractivity contribution in [1.82, 2.24) is 0 Å². The second kappa shape index (κ2) is 3.28. The first-order valence-electron chi connectivity index (χ1n) is 3.36. The molecule has 52 valence electrons. The van der Waals surface area contributed by atoms with Crippen molar-refractivity contribution >= 4 is 11.8 Å². The van der Waals surface area contributed by atoms with Crippen molar-refractivity contribution in [2.45, 2.75) is 25.8 Å². The highest BCUT2D eigenvalue weighted by Crippen LogP contribution is 2.27. The second-order valence-electron chi connectivity index (χ2n) is 2.49. The first kappa shape index (κ1) is 7.16. The zero-order valence-corrected chi connectivity index (χ0v) is 6.58. The molecule has 0 saturated heterocycles. The van der Waals surface area contributed by atoms with Crippen LogP contribution in [0.2, 0.25) is 0 Å². The van der Waals surface area contributed by atoms with Crippen LogP contribution in [0.25, 0.3) is 0 Å². The number of rotatable bonds is 2. The third-order valence-corrected chi connectivity index (χ3v) is 2.44. The van der Waals surface area contributed by atoms with Gasteiger partial charge in [-0.2, -0.15) is 0 Å². The number of allylic oxidation sites excluding steroid dienone is 1. The van der Waals surface area contributed by atoms with Crippen LogP contribution in [0.1, 0.15) is 19.8 Å². The summed E-state index contributed by atoms with van der Waals surface area (Å²) in [6.07, 6.45) is 4.62. The highest BCUT2D eigenvalue weighted by atomic mass is 32.2. The summed E-state index contributed by atoms with van der Waals surface area (Å²) < 4.78 is 0. The van der Waals surface area contributed by atoms with Crippen molar-refractivity contribution in [1.29, 1.82) is 0 Å². The van der Waals surface area contributed by atoms with E-state index in [1.54, 1.807) is 0 Å². The van der Waals surface area contributed by atoms with E-state index in [-0.39, 0.29) is 0 Å².